The Morgan fingerprint density at radius 1 is 1.12 bits per heavy atom. The lowest BCUT2D eigenvalue weighted by molar-refractivity contribution is -0.0153. The summed E-state index contributed by atoms with van der Waals surface area (Å²) in [5.41, 5.74) is 0.0287. The summed E-state index contributed by atoms with van der Waals surface area (Å²) in [5.74, 6) is 1.01. The molecule has 0 N–H and O–H groups in total. The van der Waals surface area contributed by atoms with Gasteiger partial charge in [-0.05, 0) is 58.8 Å². The number of hydrogen-bond donors (Lipinski definition) is 0. The van der Waals surface area contributed by atoms with Crippen LogP contribution in [-0.4, -0.2) is 36.2 Å². The first-order valence-corrected chi connectivity index (χ1v) is 6.92. The molecule has 0 aromatic carbocycles. The van der Waals surface area contributed by atoms with Gasteiger partial charge in [-0.3, -0.25) is 0 Å². The van der Waals surface area contributed by atoms with Crippen LogP contribution in [-0.2, 0) is 4.74 Å². The Kier molecular flexibility index (Phi) is 3.91. The summed E-state index contributed by atoms with van der Waals surface area (Å²) in [6.45, 7) is 9.93. The number of piperidine rings is 2. The van der Waals surface area contributed by atoms with Gasteiger partial charge in [-0.1, -0.05) is 0 Å². The number of ether oxygens (including phenoxy) is 1. The maximum atomic E-state index is 5.77. The second kappa shape index (κ2) is 5.05. The highest BCUT2D eigenvalue weighted by Gasteiger charge is 2.32. The smallest absolute Gasteiger partial charge is 0.0598 e. The molecule has 0 aromatic heterocycles. The first-order valence-electron chi connectivity index (χ1n) is 6.92. The van der Waals surface area contributed by atoms with Crippen LogP contribution in [0.2, 0.25) is 0 Å². The van der Waals surface area contributed by atoms with E-state index in [0.717, 1.165) is 18.6 Å². The third kappa shape index (κ3) is 3.46. The van der Waals surface area contributed by atoms with Gasteiger partial charge < -0.3 is 9.64 Å². The minimum absolute atomic E-state index is 0.0287. The van der Waals surface area contributed by atoms with Gasteiger partial charge in [0.25, 0.3) is 0 Å². The molecule has 3 rings (SSSR count). The molecule has 3 fully saturated rings. The summed E-state index contributed by atoms with van der Waals surface area (Å²) < 4.78 is 5.77. The van der Waals surface area contributed by atoms with Crippen LogP contribution < -0.4 is 0 Å². The van der Waals surface area contributed by atoms with Gasteiger partial charge in [-0.25, -0.2) is 0 Å². The maximum Gasteiger partial charge on any atom is 0.0598 e. The van der Waals surface area contributed by atoms with E-state index in [9.17, 15) is 0 Å². The lowest BCUT2D eigenvalue weighted by Gasteiger charge is -2.45. The van der Waals surface area contributed by atoms with Gasteiger partial charge in [-0.2, -0.15) is 0 Å². The van der Waals surface area contributed by atoms with Crippen molar-refractivity contribution in [2.24, 2.45) is 5.92 Å². The van der Waals surface area contributed by atoms with Crippen LogP contribution in [0.1, 0.15) is 52.9 Å². The molecule has 0 unspecified atom stereocenters. The van der Waals surface area contributed by atoms with Crippen LogP contribution in [0.3, 0.4) is 0 Å². The highest BCUT2D eigenvalue weighted by molar-refractivity contribution is 4.87. The lowest BCUT2D eigenvalue weighted by atomic mass is 9.80. The Balaban J connectivity index is 1.63. The van der Waals surface area contributed by atoms with Crippen LogP contribution in [0.15, 0.2) is 0 Å². The summed E-state index contributed by atoms with van der Waals surface area (Å²) in [5, 5.41) is 0. The van der Waals surface area contributed by atoms with E-state index in [1.165, 1.54) is 45.2 Å². The van der Waals surface area contributed by atoms with E-state index in [4.69, 9.17) is 4.74 Å². The Labute approximate surface area is 100 Å². The van der Waals surface area contributed by atoms with Gasteiger partial charge in [-0.15, -0.1) is 0 Å². The lowest BCUT2D eigenvalue weighted by Crippen LogP contribution is -2.48. The van der Waals surface area contributed by atoms with Crippen molar-refractivity contribution in [3.63, 3.8) is 0 Å². The summed E-state index contributed by atoms with van der Waals surface area (Å²) in [6.07, 6.45) is 7.06. The number of fused-ring (bicyclic) bond motifs is 3. The van der Waals surface area contributed by atoms with Gasteiger partial charge >= 0.3 is 0 Å². The van der Waals surface area contributed by atoms with Crippen molar-refractivity contribution < 1.29 is 4.74 Å². The van der Waals surface area contributed by atoms with Crippen molar-refractivity contribution >= 4 is 0 Å². The molecule has 0 radical (unpaired) electrons. The van der Waals surface area contributed by atoms with Gasteiger partial charge in [0.15, 0.2) is 0 Å². The number of rotatable bonds is 4. The molecule has 2 bridgehead atoms. The summed E-state index contributed by atoms with van der Waals surface area (Å²) in [7, 11) is 0. The topological polar surface area (TPSA) is 12.5 Å². The van der Waals surface area contributed by atoms with E-state index in [1.807, 2.05) is 0 Å². The van der Waals surface area contributed by atoms with Crippen molar-refractivity contribution in [3.05, 3.63) is 0 Å². The van der Waals surface area contributed by atoms with E-state index < -0.39 is 0 Å². The molecule has 16 heavy (non-hydrogen) atoms. The third-order valence-electron chi connectivity index (χ3n) is 3.95. The van der Waals surface area contributed by atoms with Crippen LogP contribution in [0, 0.1) is 5.92 Å². The van der Waals surface area contributed by atoms with Gasteiger partial charge in [0.2, 0.25) is 0 Å². The molecule has 0 aromatic rings. The average molecular weight is 225 g/mol. The monoisotopic (exact) mass is 225 g/mol. The van der Waals surface area contributed by atoms with E-state index >= 15 is 0 Å². The molecule has 2 heteroatoms. The molecule has 0 spiro atoms. The Hall–Kier alpha value is -0.0800. The van der Waals surface area contributed by atoms with E-state index in [0.29, 0.717) is 0 Å². The first kappa shape index (κ1) is 12.4. The number of hydrogen-bond acceptors (Lipinski definition) is 2. The van der Waals surface area contributed by atoms with Crippen molar-refractivity contribution in [1.82, 2.24) is 4.90 Å². The van der Waals surface area contributed by atoms with Crippen LogP contribution in [0.4, 0.5) is 0 Å². The fourth-order valence-electron chi connectivity index (χ4n) is 3.09. The fraction of sp³-hybridized carbons (Fsp3) is 1.00. The number of nitrogens with zero attached hydrogens (tertiary/aromatic N) is 1. The minimum atomic E-state index is 0.0287. The molecular weight excluding hydrogens is 198 g/mol. The van der Waals surface area contributed by atoms with Crippen molar-refractivity contribution in [2.45, 2.75) is 64.5 Å². The average Bonchev–Trinajstić information content (AvgIpc) is 2.25. The Bertz CT molecular complexity index is 213. The molecule has 2 heterocycles. The molecule has 2 aliphatic heterocycles. The van der Waals surface area contributed by atoms with Crippen molar-refractivity contribution in [1.29, 1.82) is 0 Å². The molecular formula is C14H27NO. The third-order valence-corrected chi connectivity index (χ3v) is 3.95. The quantitative estimate of drug-likeness (QED) is 0.682. The predicted octanol–water partition coefficient (Wildman–Crippen LogP) is 3.07. The SMILES string of the molecule is CC(C)(C)OCCCN1CC2CCC1CC2. The van der Waals surface area contributed by atoms with Gasteiger partial charge in [0, 0.05) is 25.7 Å². The second-order valence-electron chi connectivity index (χ2n) is 6.48. The Morgan fingerprint density at radius 3 is 2.31 bits per heavy atom. The largest absolute Gasteiger partial charge is 0.376 e. The van der Waals surface area contributed by atoms with Crippen LogP contribution in [0.25, 0.3) is 0 Å². The zero-order chi connectivity index (χ0) is 11.6. The van der Waals surface area contributed by atoms with E-state index in [-0.39, 0.29) is 5.60 Å². The highest BCUT2D eigenvalue weighted by atomic mass is 16.5. The summed E-state index contributed by atoms with van der Waals surface area (Å²) in [4.78, 5) is 2.71. The van der Waals surface area contributed by atoms with Gasteiger partial charge in [0.1, 0.15) is 0 Å². The molecule has 2 nitrogen and oxygen atoms in total. The van der Waals surface area contributed by atoms with E-state index in [1.54, 1.807) is 0 Å². The molecule has 1 aliphatic carbocycles. The van der Waals surface area contributed by atoms with Crippen LogP contribution in [0.5, 0.6) is 0 Å². The maximum absolute atomic E-state index is 5.77. The van der Waals surface area contributed by atoms with Crippen molar-refractivity contribution in [2.75, 3.05) is 19.7 Å². The molecule has 2 saturated heterocycles. The molecule has 0 amide bonds. The van der Waals surface area contributed by atoms with Crippen molar-refractivity contribution in [3.8, 4) is 0 Å². The molecule has 94 valence electrons. The normalized spacial score (nSPS) is 30.9. The predicted molar refractivity (Wildman–Crippen MR) is 67.6 cm³/mol. The molecule has 3 aliphatic rings. The minimum Gasteiger partial charge on any atom is -0.376 e. The zero-order valence-electron chi connectivity index (χ0n) is 11.2. The molecule has 0 atom stereocenters. The zero-order valence-corrected chi connectivity index (χ0v) is 11.2. The summed E-state index contributed by atoms with van der Waals surface area (Å²) in [6, 6.07) is 0.902. The Morgan fingerprint density at radius 2 is 1.81 bits per heavy atom. The standard InChI is InChI=1S/C14H27NO/c1-14(2,3)16-10-4-9-15-11-12-5-7-13(15)8-6-12/h12-13H,4-11H2,1-3H3. The fourth-order valence-corrected chi connectivity index (χ4v) is 3.09. The van der Waals surface area contributed by atoms with E-state index in [2.05, 4.69) is 25.7 Å². The first-order chi connectivity index (χ1) is 7.54. The second-order valence-corrected chi connectivity index (χ2v) is 6.48. The van der Waals surface area contributed by atoms with Gasteiger partial charge in [0.05, 0.1) is 5.60 Å². The van der Waals surface area contributed by atoms with Crippen LogP contribution >= 0.6 is 0 Å². The molecule has 1 saturated carbocycles. The summed E-state index contributed by atoms with van der Waals surface area (Å²) >= 11 is 0. The highest BCUT2D eigenvalue weighted by Crippen LogP contribution is 2.34.